The number of ether oxygens (including phenoxy) is 1. The van der Waals surface area contributed by atoms with Crippen LogP contribution >= 0.6 is 0 Å². The van der Waals surface area contributed by atoms with Gasteiger partial charge in [-0.25, -0.2) is 18.0 Å². The first-order valence-corrected chi connectivity index (χ1v) is 12.5. The average Bonchev–Trinajstić information content (AvgIpc) is 2.81. The van der Waals surface area contributed by atoms with E-state index in [0.717, 1.165) is 16.3 Å². The Morgan fingerprint density at radius 1 is 0.971 bits per heavy atom. The summed E-state index contributed by atoms with van der Waals surface area (Å²) in [5.41, 5.74) is 1.24. The zero-order valence-corrected chi connectivity index (χ0v) is 19.9. The van der Waals surface area contributed by atoms with Crippen molar-refractivity contribution in [3.05, 3.63) is 82.2 Å². The summed E-state index contributed by atoms with van der Waals surface area (Å²) in [6.07, 6.45) is 0.823. The van der Waals surface area contributed by atoms with Gasteiger partial charge in [0.15, 0.2) is 0 Å². The summed E-state index contributed by atoms with van der Waals surface area (Å²) in [5, 5.41) is 1.93. The summed E-state index contributed by atoms with van der Waals surface area (Å²) in [4.78, 5) is 25.5. The Morgan fingerprint density at radius 3 is 2.32 bits per heavy atom. The Balaban J connectivity index is 1.65. The van der Waals surface area contributed by atoms with E-state index in [0.29, 0.717) is 23.0 Å². The molecule has 176 valence electrons. The van der Waals surface area contributed by atoms with E-state index in [1.807, 2.05) is 26.0 Å². The highest BCUT2D eigenvalue weighted by Gasteiger charge is 2.27. The van der Waals surface area contributed by atoms with Crippen molar-refractivity contribution in [3.63, 3.8) is 0 Å². The summed E-state index contributed by atoms with van der Waals surface area (Å²) in [5.74, 6) is -0.533. The summed E-state index contributed by atoms with van der Waals surface area (Å²) >= 11 is 0. The number of sulfonamides is 1. The Morgan fingerprint density at radius 2 is 1.65 bits per heavy atom. The number of nitrogens with one attached hydrogen (secondary N) is 1. The summed E-state index contributed by atoms with van der Waals surface area (Å²) in [7, 11) is -3.92. The first-order chi connectivity index (χ1) is 16.2. The molecule has 0 saturated carbocycles. The molecule has 0 radical (unpaired) electrons. The van der Waals surface area contributed by atoms with Crippen LogP contribution in [0.4, 0.5) is 0 Å². The second kappa shape index (κ2) is 9.40. The molecule has 4 aromatic rings. The smallest absolute Gasteiger partial charge is 0.344 e. The lowest BCUT2D eigenvalue weighted by atomic mass is 10.0. The van der Waals surface area contributed by atoms with E-state index < -0.39 is 27.7 Å². The molecule has 1 atom stereocenters. The van der Waals surface area contributed by atoms with Gasteiger partial charge in [0.25, 0.3) is 0 Å². The van der Waals surface area contributed by atoms with Gasteiger partial charge >= 0.3 is 11.6 Å². The fourth-order valence-corrected chi connectivity index (χ4v) is 5.06. The fourth-order valence-electron chi connectivity index (χ4n) is 3.84. The molecule has 0 aliphatic rings. The van der Waals surface area contributed by atoms with E-state index >= 15 is 0 Å². The number of aryl methyl sites for hydroxylation is 2. The second-order valence-electron chi connectivity index (χ2n) is 8.20. The summed E-state index contributed by atoms with van der Waals surface area (Å²) in [6, 6.07) is 15.8. The summed E-state index contributed by atoms with van der Waals surface area (Å²) < 4.78 is 39.2. The molecule has 1 heterocycles. The van der Waals surface area contributed by atoms with Gasteiger partial charge in [-0.05, 0) is 56.0 Å². The van der Waals surface area contributed by atoms with Gasteiger partial charge in [-0.1, -0.05) is 49.2 Å². The third-order valence-electron chi connectivity index (χ3n) is 5.69. The molecule has 0 unspecified atom stereocenters. The monoisotopic (exact) mass is 479 g/mol. The molecule has 0 amide bonds. The molecule has 0 fully saturated rings. The van der Waals surface area contributed by atoms with Crippen molar-refractivity contribution in [2.75, 3.05) is 0 Å². The largest absolute Gasteiger partial charge is 0.425 e. The van der Waals surface area contributed by atoms with Crippen LogP contribution in [0.5, 0.6) is 5.75 Å². The highest BCUT2D eigenvalue weighted by atomic mass is 32.2. The van der Waals surface area contributed by atoms with E-state index in [9.17, 15) is 18.0 Å². The Labute approximate surface area is 197 Å². The van der Waals surface area contributed by atoms with E-state index in [1.165, 1.54) is 12.1 Å². The van der Waals surface area contributed by atoms with Gasteiger partial charge in [0.2, 0.25) is 10.0 Å². The molecule has 1 aromatic heterocycles. The van der Waals surface area contributed by atoms with Crippen molar-refractivity contribution >= 4 is 37.7 Å². The van der Waals surface area contributed by atoms with Gasteiger partial charge in [0, 0.05) is 10.9 Å². The highest BCUT2D eigenvalue weighted by molar-refractivity contribution is 7.89. The molecule has 3 aromatic carbocycles. The van der Waals surface area contributed by atoms with Gasteiger partial charge in [-0.3, -0.25) is 0 Å². The topological polar surface area (TPSA) is 103 Å². The minimum Gasteiger partial charge on any atom is -0.425 e. The standard InChI is InChI=1S/C26H25NO6S/c1-4-7-22(27-34(30,31)18-12-10-16(2)11-13-18)26(29)32-23-15-14-20-19-8-5-6-9-21(19)25(28)33-24(20)17(23)3/h5-6,8-15,22,27H,4,7H2,1-3H3/t22-/m1/s1. The third kappa shape index (κ3) is 4.60. The molecule has 34 heavy (non-hydrogen) atoms. The first kappa shape index (κ1) is 23.7. The average molecular weight is 480 g/mol. The maximum absolute atomic E-state index is 13.0. The Kier molecular flexibility index (Phi) is 6.54. The number of esters is 1. The molecule has 0 aliphatic heterocycles. The maximum Gasteiger partial charge on any atom is 0.344 e. The Hall–Kier alpha value is -3.49. The summed E-state index contributed by atoms with van der Waals surface area (Å²) in [6.45, 7) is 5.40. The maximum atomic E-state index is 13.0. The van der Waals surface area contributed by atoms with Crippen LogP contribution in [-0.4, -0.2) is 20.4 Å². The number of carbonyl (C=O) groups excluding carboxylic acids is 1. The van der Waals surface area contributed by atoms with Gasteiger partial charge in [-0.15, -0.1) is 0 Å². The fraction of sp³-hybridized carbons (Fsp3) is 0.231. The van der Waals surface area contributed by atoms with Gasteiger partial charge < -0.3 is 9.15 Å². The van der Waals surface area contributed by atoms with Crippen LogP contribution < -0.4 is 15.1 Å². The number of carbonyl (C=O) groups is 1. The number of hydrogen-bond acceptors (Lipinski definition) is 6. The SMILES string of the molecule is CCC[C@@H](NS(=O)(=O)c1ccc(C)cc1)C(=O)Oc1ccc2c(oc(=O)c3ccccc32)c1C. The Bertz CT molecular complexity index is 1540. The number of rotatable bonds is 7. The van der Waals surface area contributed by atoms with E-state index in [2.05, 4.69) is 4.72 Å². The third-order valence-corrected chi connectivity index (χ3v) is 7.18. The number of fused-ring (bicyclic) bond motifs is 3. The molecule has 7 nitrogen and oxygen atoms in total. The van der Waals surface area contributed by atoms with Crippen molar-refractivity contribution < 1.29 is 22.4 Å². The van der Waals surface area contributed by atoms with Crippen molar-refractivity contribution in [2.45, 2.75) is 44.6 Å². The van der Waals surface area contributed by atoms with Gasteiger partial charge in [0.05, 0.1) is 10.3 Å². The van der Waals surface area contributed by atoms with Crippen LogP contribution in [0, 0.1) is 13.8 Å². The molecular weight excluding hydrogens is 454 g/mol. The molecule has 8 heteroatoms. The number of hydrogen-bond donors (Lipinski definition) is 1. The van der Waals surface area contributed by atoms with Crippen molar-refractivity contribution in [1.29, 1.82) is 0 Å². The molecule has 0 aliphatic carbocycles. The van der Waals surface area contributed by atoms with Crippen LogP contribution in [0.2, 0.25) is 0 Å². The predicted octanol–water partition coefficient (Wildman–Crippen LogP) is 4.62. The lowest BCUT2D eigenvalue weighted by Crippen LogP contribution is -2.42. The molecular formula is C26H25NO6S. The van der Waals surface area contributed by atoms with Crippen LogP contribution in [0.3, 0.4) is 0 Å². The van der Waals surface area contributed by atoms with Crippen LogP contribution in [0.15, 0.2) is 74.8 Å². The van der Waals surface area contributed by atoms with E-state index in [4.69, 9.17) is 9.15 Å². The minimum absolute atomic E-state index is 0.0718. The van der Waals surface area contributed by atoms with E-state index in [-0.39, 0.29) is 17.1 Å². The van der Waals surface area contributed by atoms with Crippen molar-refractivity contribution in [2.24, 2.45) is 0 Å². The van der Waals surface area contributed by atoms with Gasteiger partial charge in [0.1, 0.15) is 17.4 Å². The normalized spacial score (nSPS) is 12.7. The molecule has 0 saturated heterocycles. The second-order valence-corrected chi connectivity index (χ2v) is 9.91. The zero-order chi connectivity index (χ0) is 24.5. The van der Waals surface area contributed by atoms with E-state index in [1.54, 1.807) is 43.3 Å². The van der Waals surface area contributed by atoms with Crippen LogP contribution in [0.25, 0.3) is 21.7 Å². The van der Waals surface area contributed by atoms with Crippen molar-refractivity contribution in [3.8, 4) is 5.75 Å². The lowest BCUT2D eigenvalue weighted by Gasteiger charge is -2.18. The van der Waals surface area contributed by atoms with Crippen LogP contribution in [0.1, 0.15) is 30.9 Å². The highest BCUT2D eigenvalue weighted by Crippen LogP contribution is 2.31. The quantitative estimate of drug-likeness (QED) is 0.180. The lowest BCUT2D eigenvalue weighted by molar-refractivity contribution is -0.136. The molecule has 1 N–H and O–H groups in total. The molecule has 0 bridgehead atoms. The zero-order valence-electron chi connectivity index (χ0n) is 19.1. The number of benzene rings is 3. The molecule has 4 rings (SSSR count). The molecule has 0 spiro atoms. The predicted molar refractivity (Wildman–Crippen MR) is 131 cm³/mol. The minimum atomic E-state index is -3.92. The first-order valence-electron chi connectivity index (χ1n) is 11.0. The van der Waals surface area contributed by atoms with Crippen molar-refractivity contribution in [1.82, 2.24) is 4.72 Å². The van der Waals surface area contributed by atoms with Crippen LogP contribution in [-0.2, 0) is 14.8 Å². The van der Waals surface area contributed by atoms with Gasteiger partial charge in [-0.2, -0.15) is 4.72 Å².